The minimum Gasteiger partial charge on any atom is -0.496 e. The molecule has 1 aromatic rings. The van der Waals surface area contributed by atoms with Gasteiger partial charge < -0.3 is 14.5 Å². The van der Waals surface area contributed by atoms with E-state index in [-0.39, 0.29) is 16.4 Å². The average Bonchev–Trinajstić information content (AvgIpc) is 2.58. The van der Waals surface area contributed by atoms with Crippen molar-refractivity contribution in [2.75, 3.05) is 40.8 Å². The fraction of sp³-hybridized carbons (Fsp3) is 0.588. The van der Waals surface area contributed by atoms with E-state index in [0.29, 0.717) is 12.3 Å². The van der Waals surface area contributed by atoms with Gasteiger partial charge in [0.1, 0.15) is 5.75 Å². The number of carbonyl (C=O) groups is 1. The van der Waals surface area contributed by atoms with Gasteiger partial charge >= 0.3 is 0 Å². The summed E-state index contributed by atoms with van der Waals surface area (Å²) < 4.78 is 28.2. The van der Waals surface area contributed by atoms with E-state index in [1.165, 1.54) is 25.3 Å². The smallest absolute Gasteiger partial charge is 0.257 e. The van der Waals surface area contributed by atoms with Crippen LogP contribution in [0.4, 0.5) is 0 Å². The molecule has 0 spiro atoms. The first-order chi connectivity index (χ1) is 11.7. The number of carbonyl (C=O) groups excluding carboxylic acids is 1. The van der Waals surface area contributed by atoms with Gasteiger partial charge in [0.25, 0.3) is 5.91 Å². The Morgan fingerprint density at radius 2 is 1.80 bits per heavy atom. The molecule has 0 bridgehead atoms. The zero-order valence-electron chi connectivity index (χ0n) is 15.5. The van der Waals surface area contributed by atoms with Crippen molar-refractivity contribution in [1.29, 1.82) is 0 Å². The first kappa shape index (κ1) is 21.4. The third-order valence-corrected chi connectivity index (χ3v) is 5.06. The summed E-state index contributed by atoms with van der Waals surface area (Å²) in [6, 6.07) is 4.04. The van der Waals surface area contributed by atoms with Gasteiger partial charge in [-0.2, -0.15) is 0 Å². The Balaban J connectivity index is 2.71. The minimum absolute atomic E-state index is 0.104. The molecule has 0 heterocycles. The molecular formula is C17H29N3O4S. The van der Waals surface area contributed by atoms with Crippen LogP contribution in [0, 0.1) is 0 Å². The van der Waals surface area contributed by atoms with Crippen LogP contribution < -0.4 is 9.88 Å². The third kappa shape index (κ3) is 6.64. The van der Waals surface area contributed by atoms with Gasteiger partial charge in [0.15, 0.2) is 0 Å². The standard InChI is InChI=1S/C17H29N3O4S/c1-5-19(2)11-7-6-8-12-20(3)17(21)15-13-14(25(18,22)23)9-10-16(15)24-4/h9-10,13H,5-8,11-12H2,1-4H3,(H2,18,22,23). The number of unbranched alkanes of at least 4 members (excludes halogenated alkanes) is 2. The topological polar surface area (TPSA) is 92.9 Å². The number of benzene rings is 1. The molecule has 25 heavy (non-hydrogen) atoms. The molecule has 0 fully saturated rings. The molecule has 7 nitrogen and oxygen atoms in total. The molecule has 2 N–H and O–H groups in total. The highest BCUT2D eigenvalue weighted by molar-refractivity contribution is 7.89. The zero-order chi connectivity index (χ0) is 19.0. The average molecular weight is 372 g/mol. The molecule has 8 heteroatoms. The van der Waals surface area contributed by atoms with Gasteiger partial charge in [0.05, 0.1) is 17.6 Å². The Kier molecular flexibility index (Phi) is 8.34. The van der Waals surface area contributed by atoms with Gasteiger partial charge in [0, 0.05) is 13.6 Å². The summed E-state index contributed by atoms with van der Waals surface area (Å²) in [6.07, 6.45) is 2.99. The fourth-order valence-corrected chi connectivity index (χ4v) is 2.94. The second-order valence-electron chi connectivity index (χ2n) is 6.09. The second kappa shape index (κ2) is 9.74. The van der Waals surface area contributed by atoms with Crippen molar-refractivity contribution in [3.63, 3.8) is 0 Å². The predicted molar refractivity (Wildman–Crippen MR) is 98.3 cm³/mol. The number of rotatable bonds is 10. The van der Waals surface area contributed by atoms with Crippen LogP contribution in [0.25, 0.3) is 0 Å². The lowest BCUT2D eigenvalue weighted by Crippen LogP contribution is -2.28. The summed E-state index contributed by atoms with van der Waals surface area (Å²) in [5.74, 6) is 0.0434. The molecule has 1 amide bonds. The molecule has 0 saturated carbocycles. The SMILES string of the molecule is CCN(C)CCCCCN(C)C(=O)c1cc(S(N)(=O)=O)ccc1OC. The van der Waals surface area contributed by atoms with E-state index >= 15 is 0 Å². The normalized spacial score (nSPS) is 11.6. The quantitative estimate of drug-likeness (QED) is 0.630. The van der Waals surface area contributed by atoms with Crippen LogP contribution in [0.15, 0.2) is 23.1 Å². The van der Waals surface area contributed by atoms with Crippen molar-refractivity contribution in [3.05, 3.63) is 23.8 Å². The maximum atomic E-state index is 12.6. The summed E-state index contributed by atoms with van der Waals surface area (Å²) in [6.45, 7) is 4.78. The van der Waals surface area contributed by atoms with Crippen molar-refractivity contribution in [3.8, 4) is 5.75 Å². The van der Waals surface area contributed by atoms with E-state index in [1.807, 2.05) is 0 Å². The molecule has 0 aromatic heterocycles. The van der Waals surface area contributed by atoms with Gasteiger partial charge in [0.2, 0.25) is 10.0 Å². The number of amides is 1. The van der Waals surface area contributed by atoms with Gasteiger partial charge in [-0.15, -0.1) is 0 Å². The van der Waals surface area contributed by atoms with E-state index in [1.54, 1.807) is 11.9 Å². The van der Waals surface area contributed by atoms with Gasteiger partial charge in [-0.1, -0.05) is 13.3 Å². The Hall–Kier alpha value is -1.64. The molecule has 1 aromatic carbocycles. The molecule has 0 aliphatic rings. The van der Waals surface area contributed by atoms with Gasteiger partial charge in [-0.3, -0.25) is 4.79 Å². The monoisotopic (exact) mass is 371 g/mol. The van der Waals surface area contributed by atoms with Crippen molar-refractivity contribution in [1.82, 2.24) is 9.80 Å². The molecule has 0 radical (unpaired) electrons. The highest BCUT2D eigenvalue weighted by Crippen LogP contribution is 2.23. The molecule has 0 atom stereocenters. The van der Waals surface area contributed by atoms with Crippen molar-refractivity contribution in [2.24, 2.45) is 5.14 Å². The van der Waals surface area contributed by atoms with E-state index in [4.69, 9.17) is 9.88 Å². The molecule has 1 rings (SSSR count). The summed E-state index contributed by atoms with van der Waals surface area (Å²) in [5.41, 5.74) is 0.197. The highest BCUT2D eigenvalue weighted by Gasteiger charge is 2.20. The number of methoxy groups -OCH3 is 1. The van der Waals surface area contributed by atoms with E-state index in [9.17, 15) is 13.2 Å². The Labute approximate surface area is 150 Å². The van der Waals surface area contributed by atoms with Gasteiger partial charge in [-0.05, 0) is 51.2 Å². The largest absolute Gasteiger partial charge is 0.496 e. The van der Waals surface area contributed by atoms with Crippen LogP contribution in [0.3, 0.4) is 0 Å². The second-order valence-corrected chi connectivity index (χ2v) is 7.65. The van der Waals surface area contributed by atoms with Crippen molar-refractivity contribution >= 4 is 15.9 Å². The van der Waals surface area contributed by atoms with Crippen LogP contribution in [0.1, 0.15) is 36.5 Å². The summed E-state index contributed by atoms with van der Waals surface area (Å²) in [7, 11) is 1.34. The predicted octanol–water partition coefficient (Wildman–Crippen LogP) is 1.54. The molecule has 0 unspecified atom stereocenters. The Morgan fingerprint density at radius 1 is 1.16 bits per heavy atom. The zero-order valence-corrected chi connectivity index (χ0v) is 16.3. The number of ether oxygens (including phenoxy) is 1. The molecular weight excluding hydrogens is 342 g/mol. The number of hydrogen-bond acceptors (Lipinski definition) is 5. The first-order valence-electron chi connectivity index (χ1n) is 8.35. The van der Waals surface area contributed by atoms with E-state index in [0.717, 1.165) is 32.4 Å². The molecule has 0 aliphatic heterocycles. The lowest BCUT2D eigenvalue weighted by molar-refractivity contribution is 0.0788. The van der Waals surface area contributed by atoms with Crippen molar-refractivity contribution in [2.45, 2.75) is 31.1 Å². The Morgan fingerprint density at radius 3 is 2.36 bits per heavy atom. The summed E-state index contributed by atoms with van der Waals surface area (Å²) in [4.78, 5) is 16.3. The molecule has 142 valence electrons. The molecule has 0 aliphatic carbocycles. The van der Waals surface area contributed by atoms with E-state index in [2.05, 4.69) is 18.9 Å². The number of sulfonamides is 1. The maximum Gasteiger partial charge on any atom is 0.257 e. The van der Waals surface area contributed by atoms with Crippen molar-refractivity contribution < 1.29 is 17.9 Å². The number of nitrogens with zero attached hydrogens (tertiary/aromatic N) is 2. The third-order valence-electron chi connectivity index (χ3n) is 4.15. The van der Waals surface area contributed by atoms with Gasteiger partial charge in [-0.25, -0.2) is 13.6 Å². The minimum atomic E-state index is -3.88. The number of nitrogens with two attached hydrogens (primary N) is 1. The van der Waals surface area contributed by atoms with Crippen LogP contribution in [-0.4, -0.2) is 65.0 Å². The lowest BCUT2D eigenvalue weighted by atomic mass is 10.1. The maximum absolute atomic E-state index is 12.6. The van der Waals surface area contributed by atoms with Crippen LogP contribution in [0.2, 0.25) is 0 Å². The number of hydrogen-bond donors (Lipinski definition) is 1. The van der Waals surface area contributed by atoms with Crippen LogP contribution >= 0.6 is 0 Å². The fourth-order valence-electron chi connectivity index (χ4n) is 2.40. The summed E-state index contributed by atoms with van der Waals surface area (Å²) in [5, 5.41) is 5.15. The summed E-state index contributed by atoms with van der Waals surface area (Å²) >= 11 is 0. The highest BCUT2D eigenvalue weighted by atomic mass is 32.2. The number of primary sulfonamides is 1. The van der Waals surface area contributed by atoms with Crippen LogP contribution in [0.5, 0.6) is 5.75 Å². The first-order valence-corrected chi connectivity index (χ1v) is 9.90. The van der Waals surface area contributed by atoms with E-state index < -0.39 is 10.0 Å². The Bertz CT molecular complexity index is 676. The van der Waals surface area contributed by atoms with Crippen LogP contribution in [-0.2, 0) is 10.0 Å². The lowest BCUT2D eigenvalue weighted by Gasteiger charge is -2.19. The molecule has 0 saturated heterocycles.